The van der Waals surface area contributed by atoms with Crippen molar-refractivity contribution in [2.45, 2.75) is 0 Å². The number of aromatic hydroxyl groups is 1. The van der Waals surface area contributed by atoms with E-state index in [2.05, 4.69) is 5.32 Å². The Bertz CT molecular complexity index is 925. The molecule has 4 amide bonds. The van der Waals surface area contributed by atoms with Gasteiger partial charge in [-0.05, 0) is 70.6 Å². The average Bonchev–Trinajstić information content (AvgIpc) is 2.56. The first-order valence-corrected chi connectivity index (χ1v) is 8.10. The number of amides is 4. The minimum atomic E-state index is -0.904. The summed E-state index contributed by atoms with van der Waals surface area (Å²) in [5, 5.41) is 11.6. The first-order chi connectivity index (χ1) is 11.9. The third-order valence-corrected chi connectivity index (χ3v) is 4.33. The van der Waals surface area contributed by atoms with E-state index in [4.69, 9.17) is 0 Å². The summed E-state index contributed by atoms with van der Waals surface area (Å²) in [7, 11) is 0. The predicted octanol–water partition coefficient (Wildman–Crippen LogP) is 2.80. The Hall–Kier alpha value is -2.75. The van der Waals surface area contributed by atoms with E-state index in [-0.39, 0.29) is 17.0 Å². The molecule has 1 fully saturated rings. The van der Waals surface area contributed by atoms with Crippen LogP contribution in [0.4, 0.5) is 14.9 Å². The summed E-state index contributed by atoms with van der Waals surface area (Å²) in [4.78, 5) is 37.4. The van der Waals surface area contributed by atoms with E-state index in [1.807, 2.05) is 22.6 Å². The zero-order valence-corrected chi connectivity index (χ0v) is 14.7. The van der Waals surface area contributed by atoms with Gasteiger partial charge in [-0.25, -0.2) is 14.1 Å². The molecule has 0 unspecified atom stereocenters. The monoisotopic (exact) mass is 452 g/mol. The van der Waals surface area contributed by atoms with E-state index in [1.54, 1.807) is 6.07 Å². The summed E-state index contributed by atoms with van der Waals surface area (Å²) in [6.45, 7) is 0. The lowest BCUT2D eigenvalue weighted by Crippen LogP contribution is -2.54. The van der Waals surface area contributed by atoms with Crippen molar-refractivity contribution >= 4 is 52.2 Å². The van der Waals surface area contributed by atoms with E-state index in [0.29, 0.717) is 9.13 Å². The number of anilines is 1. The largest absolute Gasteiger partial charge is 0.507 e. The number of phenols is 1. The van der Waals surface area contributed by atoms with Gasteiger partial charge in [0.05, 0.1) is 9.26 Å². The minimum Gasteiger partial charge on any atom is -0.507 e. The normalized spacial score (nSPS) is 16.3. The van der Waals surface area contributed by atoms with Gasteiger partial charge in [0.15, 0.2) is 0 Å². The second-order valence-corrected chi connectivity index (χ2v) is 6.31. The van der Waals surface area contributed by atoms with Crippen molar-refractivity contribution in [1.82, 2.24) is 5.32 Å². The van der Waals surface area contributed by atoms with Gasteiger partial charge in [0.2, 0.25) is 0 Å². The van der Waals surface area contributed by atoms with E-state index in [0.717, 1.165) is 17.0 Å². The number of halogens is 2. The number of hydrogen-bond acceptors (Lipinski definition) is 4. The quantitative estimate of drug-likeness (QED) is 0.417. The van der Waals surface area contributed by atoms with Gasteiger partial charge in [0.1, 0.15) is 17.1 Å². The van der Waals surface area contributed by atoms with E-state index in [1.165, 1.54) is 30.3 Å². The molecule has 1 aliphatic heterocycles. The molecular formula is C17H10FIN2O4. The molecule has 1 saturated heterocycles. The standard InChI is InChI=1S/C17H10FIN2O4/c18-10-2-4-11(5-3-10)21-16(24)12(15(23)20-17(21)25)7-9-1-6-14(22)13(19)8-9/h1-8,22H,(H,20,23,25)/b12-7+. The van der Waals surface area contributed by atoms with Crippen LogP contribution in [0.2, 0.25) is 0 Å². The van der Waals surface area contributed by atoms with Crippen molar-refractivity contribution in [2.75, 3.05) is 4.90 Å². The fourth-order valence-electron chi connectivity index (χ4n) is 2.26. The average molecular weight is 452 g/mol. The molecule has 2 aromatic rings. The lowest BCUT2D eigenvalue weighted by molar-refractivity contribution is -0.122. The van der Waals surface area contributed by atoms with E-state index >= 15 is 0 Å². The summed E-state index contributed by atoms with van der Waals surface area (Å²) < 4.78 is 13.6. The molecule has 0 spiro atoms. The molecule has 0 aromatic heterocycles. The number of benzene rings is 2. The van der Waals surface area contributed by atoms with Gasteiger partial charge in [0.25, 0.3) is 11.8 Å². The van der Waals surface area contributed by atoms with Crippen LogP contribution in [0.15, 0.2) is 48.0 Å². The Kier molecular flexibility index (Phi) is 4.53. The Morgan fingerprint density at radius 3 is 2.40 bits per heavy atom. The number of carbonyl (C=O) groups excluding carboxylic acids is 3. The first kappa shape index (κ1) is 17.1. The maximum Gasteiger partial charge on any atom is 0.335 e. The van der Waals surface area contributed by atoms with Crippen LogP contribution in [0.25, 0.3) is 6.08 Å². The number of phenolic OH excluding ortho intramolecular Hbond substituents is 1. The summed E-state index contributed by atoms with van der Waals surface area (Å²) in [5.41, 5.74) is 0.405. The van der Waals surface area contributed by atoms with Crippen molar-refractivity contribution in [1.29, 1.82) is 0 Å². The number of urea groups is 1. The molecular weight excluding hydrogens is 442 g/mol. The Balaban J connectivity index is 2.01. The molecule has 8 heteroatoms. The molecule has 6 nitrogen and oxygen atoms in total. The van der Waals surface area contributed by atoms with E-state index < -0.39 is 23.7 Å². The van der Waals surface area contributed by atoms with Gasteiger partial charge in [-0.2, -0.15) is 0 Å². The Labute approximate surface area is 155 Å². The van der Waals surface area contributed by atoms with Gasteiger partial charge >= 0.3 is 6.03 Å². The molecule has 0 aliphatic carbocycles. The molecule has 1 aliphatic rings. The number of carbonyl (C=O) groups is 3. The van der Waals surface area contributed by atoms with Crippen molar-refractivity contribution in [2.24, 2.45) is 0 Å². The number of nitrogens with one attached hydrogen (secondary N) is 1. The Morgan fingerprint density at radius 1 is 1.08 bits per heavy atom. The van der Waals surface area contributed by atoms with Crippen LogP contribution in [0.1, 0.15) is 5.56 Å². The van der Waals surface area contributed by atoms with Gasteiger partial charge in [-0.1, -0.05) is 6.07 Å². The van der Waals surface area contributed by atoms with Crippen molar-refractivity contribution in [3.05, 3.63) is 63.0 Å². The van der Waals surface area contributed by atoms with Crippen molar-refractivity contribution in [3.8, 4) is 5.75 Å². The molecule has 0 saturated carbocycles. The summed E-state index contributed by atoms with van der Waals surface area (Å²) in [6.07, 6.45) is 1.32. The maximum atomic E-state index is 13.1. The molecule has 1 heterocycles. The topological polar surface area (TPSA) is 86.7 Å². The second-order valence-electron chi connectivity index (χ2n) is 5.15. The zero-order chi connectivity index (χ0) is 18.1. The van der Waals surface area contributed by atoms with Crippen LogP contribution in [0.3, 0.4) is 0 Å². The SMILES string of the molecule is O=C1NC(=O)N(c2ccc(F)cc2)C(=O)/C1=C/c1ccc(O)c(I)c1. The van der Waals surface area contributed by atoms with Gasteiger partial charge in [0, 0.05) is 0 Å². The molecule has 0 radical (unpaired) electrons. The third-order valence-electron chi connectivity index (χ3n) is 3.47. The lowest BCUT2D eigenvalue weighted by atomic mass is 10.1. The maximum absolute atomic E-state index is 13.1. The van der Waals surface area contributed by atoms with Crippen LogP contribution >= 0.6 is 22.6 Å². The fraction of sp³-hybridized carbons (Fsp3) is 0. The second kappa shape index (κ2) is 6.63. The van der Waals surface area contributed by atoms with Crippen molar-refractivity contribution in [3.63, 3.8) is 0 Å². The number of imide groups is 2. The van der Waals surface area contributed by atoms with Crippen LogP contribution in [-0.2, 0) is 9.59 Å². The van der Waals surface area contributed by atoms with Gasteiger partial charge < -0.3 is 5.11 Å². The van der Waals surface area contributed by atoms with Crippen LogP contribution < -0.4 is 10.2 Å². The summed E-state index contributed by atoms with van der Waals surface area (Å²) >= 11 is 1.91. The highest BCUT2D eigenvalue weighted by atomic mass is 127. The molecule has 25 heavy (non-hydrogen) atoms. The van der Waals surface area contributed by atoms with Gasteiger partial charge in [-0.3, -0.25) is 14.9 Å². The third kappa shape index (κ3) is 3.38. The van der Waals surface area contributed by atoms with Crippen LogP contribution in [0, 0.1) is 9.39 Å². The van der Waals surface area contributed by atoms with Crippen LogP contribution in [-0.4, -0.2) is 23.0 Å². The first-order valence-electron chi connectivity index (χ1n) is 7.02. The summed E-state index contributed by atoms with van der Waals surface area (Å²) in [5.74, 6) is -2.08. The van der Waals surface area contributed by atoms with E-state index in [9.17, 15) is 23.9 Å². The number of rotatable bonds is 2. The predicted molar refractivity (Wildman–Crippen MR) is 96.2 cm³/mol. The molecule has 0 atom stereocenters. The fourth-order valence-corrected chi connectivity index (χ4v) is 2.80. The number of hydrogen-bond donors (Lipinski definition) is 2. The molecule has 2 N–H and O–H groups in total. The molecule has 2 aromatic carbocycles. The highest BCUT2D eigenvalue weighted by Crippen LogP contribution is 2.24. The highest BCUT2D eigenvalue weighted by Gasteiger charge is 2.36. The Morgan fingerprint density at radius 2 is 1.76 bits per heavy atom. The summed E-state index contributed by atoms with van der Waals surface area (Å²) in [6, 6.07) is 8.40. The smallest absolute Gasteiger partial charge is 0.335 e. The number of barbiturate groups is 1. The molecule has 126 valence electrons. The zero-order valence-electron chi connectivity index (χ0n) is 12.5. The number of nitrogens with zero attached hydrogens (tertiary/aromatic N) is 1. The lowest BCUT2D eigenvalue weighted by Gasteiger charge is -2.26. The molecule has 3 rings (SSSR count). The van der Waals surface area contributed by atoms with Crippen LogP contribution in [0.5, 0.6) is 5.75 Å². The highest BCUT2D eigenvalue weighted by molar-refractivity contribution is 14.1. The van der Waals surface area contributed by atoms with Crippen molar-refractivity contribution < 1.29 is 23.9 Å². The van der Waals surface area contributed by atoms with Gasteiger partial charge in [-0.15, -0.1) is 0 Å². The minimum absolute atomic E-state index is 0.0743. The molecule has 0 bridgehead atoms.